The Morgan fingerprint density at radius 3 is 2.86 bits per heavy atom. The maximum Gasteiger partial charge on any atom is 0.115 e. The topological polar surface area (TPSA) is 40.5 Å². The van der Waals surface area contributed by atoms with Gasteiger partial charge in [0.2, 0.25) is 0 Å². The average molecular weight is 300 g/mol. The van der Waals surface area contributed by atoms with Crippen molar-refractivity contribution >= 4 is 0 Å². The summed E-state index contributed by atoms with van der Waals surface area (Å²) in [4.78, 5) is 0. The van der Waals surface area contributed by atoms with E-state index < -0.39 is 0 Å². The van der Waals surface area contributed by atoms with Gasteiger partial charge in [0.1, 0.15) is 5.75 Å². The van der Waals surface area contributed by atoms with E-state index in [-0.39, 0.29) is 6.10 Å². The molecule has 0 aromatic heterocycles. The predicted octanol–water partition coefficient (Wildman–Crippen LogP) is 4.25. The highest BCUT2D eigenvalue weighted by atomic mass is 16.3. The second kappa shape index (κ2) is 4.99. The Kier molecular flexibility index (Phi) is 3.30. The zero-order valence-electron chi connectivity index (χ0n) is 13.8. The molecule has 120 valence electrons. The van der Waals surface area contributed by atoms with E-state index in [1.165, 1.54) is 30.4 Å². The van der Waals surface area contributed by atoms with Gasteiger partial charge in [-0.15, -0.1) is 0 Å². The fourth-order valence-corrected chi connectivity index (χ4v) is 6.36. The van der Waals surface area contributed by atoms with Crippen LogP contribution in [0, 0.1) is 23.2 Å². The molecule has 22 heavy (non-hydrogen) atoms. The average Bonchev–Trinajstić information content (AvgIpc) is 2.76. The molecular weight excluding hydrogens is 272 g/mol. The van der Waals surface area contributed by atoms with Crippen LogP contribution in [0.15, 0.2) is 18.2 Å². The van der Waals surface area contributed by atoms with Crippen molar-refractivity contribution in [2.75, 3.05) is 0 Å². The molecule has 2 saturated carbocycles. The lowest BCUT2D eigenvalue weighted by Crippen LogP contribution is -2.42. The molecule has 2 fully saturated rings. The normalized spacial score (nSPS) is 43.3. The lowest BCUT2D eigenvalue weighted by atomic mass is 9.54. The predicted molar refractivity (Wildman–Crippen MR) is 87.9 cm³/mol. The monoisotopic (exact) mass is 300 g/mol. The maximum absolute atomic E-state index is 10.6. The molecule has 1 aromatic rings. The van der Waals surface area contributed by atoms with Crippen molar-refractivity contribution in [3.63, 3.8) is 0 Å². The highest BCUT2D eigenvalue weighted by molar-refractivity contribution is 5.40. The molecule has 0 aliphatic heterocycles. The highest BCUT2D eigenvalue weighted by Crippen LogP contribution is 2.63. The zero-order valence-corrected chi connectivity index (χ0v) is 13.8. The first kappa shape index (κ1) is 14.6. The standard InChI is InChI=1S/C20H28O2/c1-3-14-18(22)11-20(2)9-8-16-15-7-5-13(21)10-12(15)4-6-17(16)19(14)20/h5,7,10,14,16-19,21-22H,3-4,6,8-9,11H2,1-2H3/t14-,16-,17-,18+,19+,20-/m1/s1. The van der Waals surface area contributed by atoms with E-state index in [2.05, 4.69) is 19.9 Å². The maximum atomic E-state index is 10.6. The zero-order chi connectivity index (χ0) is 15.5. The van der Waals surface area contributed by atoms with E-state index in [4.69, 9.17) is 0 Å². The molecule has 2 nitrogen and oxygen atoms in total. The molecule has 3 aliphatic rings. The Labute approximate surface area is 133 Å². The molecule has 2 N–H and O–H groups in total. The Bertz CT molecular complexity index is 581. The first-order valence-electron chi connectivity index (χ1n) is 9.03. The van der Waals surface area contributed by atoms with E-state index in [1.54, 1.807) is 0 Å². The third kappa shape index (κ3) is 1.96. The molecule has 0 bridgehead atoms. The highest BCUT2D eigenvalue weighted by Gasteiger charge is 2.56. The van der Waals surface area contributed by atoms with Gasteiger partial charge in [-0.05, 0) is 84.5 Å². The fourth-order valence-electron chi connectivity index (χ4n) is 6.36. The van der Waals surface area contributed by atoms with Crippen molar-refractivity contribution in [3.8, 4) is 5.75 Å². The number of aryl methyl sites for hydroxylation is 1. The van der Waals surface area contributed by atoms with Gasteiger partial charge in [-0.2, -0.15) is 0 Å². The smallest absolute Gasteiger partial charge is 0.115 e. The summed E-state index contributed by atoms with van der Waals surface area (Å²) in [5.74, 6) is 2.92. The van der Waals surface area contributed by atoms with Gasteiger partial charge in [0, 0.05) is 0 Å². The molecule has 0 unspecified atom stereocenters. The van der Waals surface area contributed by atoms with Crippen molar-refractivity contribution in [2.45, 2.75) is 64.4 Å². The lowest BCUT2D eigenvalue weighted by molar-refractivity contribution is 0.0280. The van der Waals surface area contributed by atoms with Gasteiger partial charge in [0.25, 0.3) is 0 Å². The van der Waals surface area contributed by atoms with E-state index in [0.29, 0.717) is 28.9 Å². The minimum absolute atomic E-state index is 0.0973. The van der Waals surface area contributed by atoms with Crippen LogP contribution in [0.25, 0.3) is 0 Å². The van der Waals surface area contributed by atoms with Crippen LogP contribution in [-0.2, 0) is 6.42 Å². The summed E-state index contributed by atoms with van der Waals surface area (Å²) in [5, 5.41) is 20.3. The first-order chi connectivity index (χ1) is 10.5. The van der Waals surface area contributed by atoms with Crippen LogP contribution in [-0.4, -0.2) is 16.3 Å². The van der Waals surface area contributed by atoms with Crippen molar-refractivity contribution < 1.29 is 10.2 Å². The number of aliphatic hydroxyl groups is 1. The number of phenolic OH excluding ortho intramolecular Hbond substituents is 1. The molecule has 1 aromatic carbocycles. The van der Waals surface area contributed by atoms with Crippen LogP contribution in [0.5, 0.6) is 5.75 Å². The second-order valence-corrected chi connectivity index (χ2v) is 8.25. The minimum Gasteiger partial charge on any atom is -0.508 e. The van der Waals surface area contributed by atoms with E-state index in [9.17, 15) is 10.2 Å². The summed E-state index contributed by atoms with van der Waals surface area (Å²) in [6, 6.07) is 5.99. The SMILES string of the molecule is CC[C@H]1[C@H]2[C@@H]3CCc4cc(O)ccc4[C@H]3CC[C@]2(C)C[C@@H]1O. The molecule has 0 amide bonds. The number of benzene rings is 1. The van der Waals surface area contributed by atoms with Gasteiger partial charge in [-0.3, -0.25) is 0 Å². The number of aromatic hydroxyl groups is 1. The van der Waals surface area contributed by atoms with E-state index in [1.807, 2.05) is 12.1 Å². The van der Waals surface area contributed by atoms with Gasteiger partial charge in [-0.25, -0.2) is 0 Å². The molecule has 0 heterocycles. The molecule has 3 aliphatic carbocycles. The van der Waals surface area contributed by atoms with E-state index >= 15 is 0 Å². The number of fused-ring (bicyclic) bond motifs is 5. The van der Waals surface area contributed by atoms with Crippen molar-refractivity contribution in [2.24, 2.45) is 23.2 Å². The summed E-state index contributed by atoms with van der Waals surface area (Å²) in [6.07, 6.45) is 6.81. The summed E-state index contributed by atoms with van der Waals surface area (Å²) in [5.41, 5.74) is 3.18. The Morgan fingerprint density at radius 1 is 1.27 bits per heavy atom. The number of rotatable bonds is 1. The van der Waals surface area contributed by atoms with E-state index in [0.717, 1.165) is 25.2 Å². The van der Waals surface area contributed by atoms with Gasteiger partial charge >= 0.3 is 0 Å². The molecular formula is C20H28O2. The van der Waals surface area contributed by atoms with Crippen LogP contribution in [0.2, 0.25) is 0 Å². The summed E-state index contributed by atoms with van der Waals surface area (Å²) in [7, 11) is 0. The Balaban J connectivity index is 1.73. The van der Waals surface area contributed by atoms with Gasteiger partial charge in [-0.1, -0.05) is 26.3 Å². The number of hydrogen-bond donors (Lipinski definition) is 2. The number of phenols is 1. The molecule has 0 saturated heterocycles. The van der Waals surface area contributed by atoms with Gasteiger partial charge in [0.15, 0.2) is 0 Å². The van der Waals surface area contributed by atoms with Crippen molar-refractivity contribution in [1.82, 2.24) is 0 Å². The van der Waals surface area contributed by atoms with Crippen LogP contribution in [0.4, 0.5) is 0 Å². The van der Waals surface area contributed by atoms with Crippen LogP contribution in [0.3, 0.4) is 0 Å². The van der Waals surface area contributed by atoms with Crippen LogP contribution < -0.4 is 0 Å². The summed E-state index contributed by atoms with van der Waals surface area (Å²) < 4.78 is 0. The summed E-state index contributed by atoms with van der Waals surface area (Å²) in [6.45, 7) is 4.68. The van der Waals surface area contributed by atoms with Crippen LogP contribution >= 0.6 is 0 Å². The number of hydrogen-bond acceptors (Lipinski definition) is 2. The Hall–Kier alpha value is -1.02. The van der Waals surface area contributed by atoms with Crippen LogP contribution in [0.1, 0.15) is 63.0 Å². The fraction of sp³-hybridized carbons (Fsp3) is 0.700. The quantitative estimate of drug-likeness (QED) is 0.814. The third-order valence-corrected chi connectivity index (χ3v) is 7.18. The molecule has 2 heteroatoms. The molecule has 0 radical (unpaired) electrons. The van der Waals surface area contributed by atoms with Gasteiger partial charge in [0.05, 0.1) is 6.10 Å². The first-order valence-corrected chi connectivity index (χ1v) is 9.03. The Morgan fingerprint density at radius 2 is 2.09 bits per heavy atom. The second-order valence-electron chi connectivity index (χ2n) is 8.25. The van der Waals surface area contributed by atoms with Gasteiger partial charge < -0.3 is 10.2 Å². The molecule has 6 atom stereocenters. The van der Waals surface area contributed by atoms with Crippen molar-refractivity contribution in [1.29, 1.82) is 0 Å². The minimum atomic E-state index is -0.0973. The van der Waals surface area contributed by atoms with Crippen molar-refractivity contribution in [3.05, 3.63) is 29.3 Å². The molecule has 0 spiro atoms. The summed E-state index contributed by atoms with van der Waals surface area (Å²) >= 11 is 0. The number of aliphatic hydroxyl groups excluding tert-OH is 1. The molecule has 4 rings (SSSR count). The largest absolute Gasteiger partial charge is 0.508 e. The lowest BCUT2D eigenvalue weighted by Gasteiger charge is -2.50. The third-order valence-electron chi connectivity index (χ3n) is 7.18.